The molecule has 0 aliphatic heterocycles. The predicted molar refractivity (Wildman–Crippen MR) is 85.2 cm³/mol. The topological polar surface area (TPSA) is 33.2 Å². The Hall–Kier alpha value is -1.68. The van der Waals surface area contributed by atoms with E-state index in [1.165, 1.54) is 0 Å². The van der Waals surface area contributed by atoms with E-state index in [2.05, 4.69) is 32.7 Å². The van der Waals surface area contributed by atoms with Crippen LogP contribution in [0.5, 0.6) is 0 Å². The zero-order chi connectivity index (χ0) is 14.5. The van der Waals surface area contributed by atoms with E-state index in [1.54, 1.807) is 0 Å². The number of aldehydes is 1. The van der Waals surface area contributed by atoms with Crippen LogP contribution in [0.15, 0.2) is 40.9 Å². The van der Waals surface area contributed by atoms with Crippen LogP contribution in [0, 0.1) is 6.92 Å². The first-order chi connectivity index (χ1) is 9.63. The smallest absolute Gasteiger partial charge is 0.150 e. The average molecular weight is 333 g/mol. The van der Waals surface area contributed by atoms with Gasteiger partial charge >= 0.3 is 0 Å². The Balaban J connectivity index is 2.26. The summed E-state index contributed by atoms with van der Waals surface area (Å²) in [6.45, 7) is 5.72. The van der Waals surface area contributed by atoms with Gasteiger partial charge in [-0.05, 0) is 60.1 Å². The lowest BCUT2D eigenvalue weighted by Gasteiger charge is -2.24. The fourth-order valence-corrected chi connectivity index (χ4v) is 2.75. The summed E-state index contributed by atoms with van der Waals surface area (Å²) in [5.74, 6) is 0. The zero-order valence-electron chi connectivity index (χ0n) is 11.6. The van der Waals surface area contributed by atoms with Gasteiger partial charge in [0.05, 0.1) is 17.9 Å². The SMILES string of the molecule is CCN(Cc1cccc(C)n1)c1ccc(C=O)cc1Br. The van der Waals surface area contributed by atoms with E-state index in [4.69, 9.17) is 0 Å². The Labute approximate surface area is 127 Å². The van der Waals surface area contributed by atoms with Crippen molar-refractivity contribution in [3.8, 4) is 0 Å². The first-order valence-electron chi connectivity index (χ1n) is 6.56. The summed E-state index contributed by atoms with van der Waals surface area (Å²) in [5, 5.41) is 0. The van der Waals surface area contributed by atoms with E-state index in [-0.39, 0.29) is 0 Å². The molecule has 1 heterocycles. The number of pyridine rings is 1. The second kappa shape index (κ2) is 6.66. The van der Waals surface area contributed by atoms with Crippen LogP contribution >= 0.6 is 15.9 Å². The molecular weight excluding hydrogens is 316 g/mol. The van der Waals surface area contributed by atoms with Crippen molar-refractivity contribution in [2.45, 2.75) is 20.4 Å². The van der Waals surface area contributed by atoms with Crippen LogP contribution in [-0.2, 0) is 6.54 Å². The van der Waals surface area contributed by atoms with Gasteiger partial charge in [0.2, 0.25) is 0 Å². The number of aromatic nitrogens is 1. The molecule has 0 N–H and O–H groups in total. The molecule has 3 nitrogen and oxygen atoms in total. The van der Waals surface area contributed by atoms with Crippen LogP contribution in [-0.4, -0.2) is 17.8 Å². The lowest BCUT2D eigenvalue weighted by atomic mass is 10.2. The Bertz CT molecular complexity index is 613. The third-order valence-electron chi connectivity index (χ3n) is 3.13. The molecule has 0 atom stereocenters. The second-order valence-electron chi connectivity index (χ2n) is 4.61. The van der Waals surface area contributed by atoms with Crippen LogP contribution in [0.1, 0.15) is 28.7 Å². The Morgan fingerprint density at radius 1 is 1.30 bits per heavy atom. The maximum Gasteiger partial charge on any atom is 0.150 e. The predicted octanol–water partition coefficient (Wildman–Crippen LogP) is 3.99. The summed E-state index contributed by atoms with van der Waals surface area (Å²) in [6.07, 6.45) is 0.854. The van der Waals surface area contributed by atoms with E-state index < -0.39 is 0 Å². The van der Waals surface area contributed by atoms with Gasteiger partial charge in [-0.25, -0.2) is 0 Å². The van der Waals surface area contributed by atoms with Gasteiger partial charge in [0, 0.05) is 22.3 Å². The molecule has 2 aromatic rings. The largest absolute Gasteiger partial charge is 0.365 e. The van der Waals surface area contributed by atoms with Crippen molar-refractivity contribution in [1.29, 1.82) is 0 Å². The maximum atomic E-state index is 10.8. The molecule has 0 spiro atoms. The molecular formula is C16H17BrN2O. The molecule has 1 aromatic carbocycles. The number of hydrogen-bond donors (Lipinski definition) is 0. The lowest BCUT2D eigenvalue weighted by Crippen LogP contribution is -2.23. The lowest BCUT2D eigenvalue weighted by molar-refractivity contribution is 0.112. The van der Waals surface area contributed by atoms with Gasteiger partial charge in [-0.3, -0.25) is 9.78 Å². The van der Waals surface area contributed by atoms with Gasteiger partial charge in [0.15, 0.2) is 0 Å². The van der Waals surface area contributed by atoms with Crippen molar-refractivity contribution in [3.05, 3.63) is 57.8 Å². The molecule has 0 radical (unpaired) electrons. The molecule has 2 rings (SSSR count). The van der Waals surface area contributed by atoms with Gasteiger partial charge in [0.1, 0.15) is 6.29 Å². The molecule has 0 fully saturated rings. The number of nitrogens with zero attached hydrogens (tertiary/aromatic N) is 2. The van der Waals surface area contributed by atoms with Crippen molar-refractivity contribution in [3.63, 3.8) is 0 Å². The Kier molecular flexibility index (Phi) is 4.90. The van der Waals surface area contributed by atoms with Crippen molar-refractivity contribution in [1.82, 2.24) is 4.98 Å². The number of aryl methyl sites for hydroxylation is 1. The number of halogens is 1. The second-order valence-corrected chi connectivity index (χ2v) is 5.47. The summed E-state index contributed by atoms with van der Waals surface area (Å²) >= 11 is 3.54. The monoisotopic (exact) mass is 332 g/mol. The first kappa shape index (κ1) is 14.7. The van der Waals surface area contributed by atoms with E-state index >= 15 is 0 Å². The van der Waals surface area contributed by atoms with E-state index in [0.717, 1.165) is 40.9 Å². The summed E-state index contributed by atoms with van der Waals surface area (Å²) in [6, 6.07) is 11.7. The standard InChI is InChI=1S/C16H17BrN2O/c1-3-19(10-14-6-4-5-12(2)18-14)16-8-7-13(11-20)9-15(16)17/h4-9,11H,3,10H2,1-2H3. The number of carbonyl (C=O) groups excluding carboxylic acids is 1. The third kappa shape index (κ3) is 3.45. The summed E-state index contributed by atoms with van der Waals surface area (Å²) in [7, 11) is 0. The zero-order valence-corrected chi connectivity index (χ0v) is 13.2. The van der Waals surface area contributed by atoms with E-state index in [9.17, 15) is 4.79 Å². The summed E-state index contributed by atoms with van der Waals surface area (Å²) < 4.78 is 0.927. The van der Waals surface area contributed by atoms with E-state index in [1.807, 2.05) is 43.3 Å². The molecule has 0 unspecified atom stereocenters. The molecule has 1 aromatic heterocycles. The first-order valence-corrected chi connectivity index (χ1v) is 7.35. The molecule has 0 saturated heterocycles. The van der Waals surface area contributed by atoms with Crippen molar-refractivity contribution < 1.29 is 4.79 Å². The minimum Gasteiger partial charge on any atom is -0.365 e. The third-order valence-corrected chi connectivity index (χ3v) is 3.76. The van der Waals surface area contributed by atoms with Crippen LogP contribution in [0.2, 0.25) is 0 Å². The van der Waals surface area contributed by atoms with Crippen LogP contribution in [0.4, 0.5) is 5.69 Å². The highest BCUT2D eigenvalue weighted by molar-refractivity contribution is 9.10. The highest BCUT2D eigenvalue weighted by Crippen LogP contribution is 2.28. The molecule has 104 valence electrons. The van der Waals surface area contributed by atoms with Crippen LogP contribution < -0.4 is 4.90 Å². The number of rotatable bonds is 5. The molecule has 0 aliphatic carbocycles. The van der Waals surface area contributed by atoms with Crippen LogP contribution in [0.25, 0.3) is 0 Å². The number of anilines is 1. The van der Waals surface area contributed by atoms with E-state index in [0.29, 0.717) is 5.56 Å². The van der Waals surface area contributed by atoms with Gasteiger partial charge in [-0.15, -0.1) is 0 Å². The van der Waals surface area contributed by atoms with Crippen LogP contribution in [0.3, 0.4) is 0 Å². The van der Waals surface area contributed by atoms with Crippen molar-refractivity contribution >= 4 is 27.9 Å². The van der Waals surface area contributed by atoms with Crippen molar-refractivity contribution in [2.24, 2.45) is 0 Å². The summed E-state index contributed by atoms with van der Waals surface area (Å²) in [4.78, 5) is 17.6. The Morgan fingerprint density at radius 3 is 2.70 bits per heavy atom. The molecule has 4 heteroatoms. The van der Waals surface area contributed by atoms with Gasteiger partial charge in [-0.1, -0.05) is 6.07 Å². The van der Waals surface area contributed by atoms with Gasteiger partial charge in [-0.2, -0.15) is 0 Å². The molecule has 20 heavy (non-hydrogen) atoms. The fourth-order valence-electron chi connectivity index (χ4n) is 2.10. The fraction of sp³-hybridized carbons (Fsp3) is 0.250. The average Bonchev–Trinajstić information content (AvgIpc) is 2.45. The number of carbonyl (C=O) groups is 1. The number of hydrogen-bond acceptors (Lipinski definition) is 3. The minimum absolute atomic E-state index is 0.672. The highest BCUT2D eigenvalue weighted by atomic mass is 79.9. The maximum absolute atomic E-state index is 10.8. The number of benzene rings is 1. The van der Waals surface area contributed by atoms with Gasteiger partial charge in [0.25, 0.3) is 0 Å². The normalized spacial score (nSPS) is 10.3. The summed E-state index contributed by atoms with van der Waals surface area (Å²) in [5.41, 5.74) is 3.80. The quantitative estimate of drug-likeness (QED) is 0.776. The molecule has 0 aliphatic rings. The Morgan fingerprint density at radius 2 is 2.10 bits per heavy atom. The molecule has 0 bridgehead atoms. The highest BCUT2D eigenvalue weighted by Gasteiger charge is 2.10. The minimum atomic E-state index is 0.672. The van der Waals surface area contributed by atoms with Crippen molar-refractivity contribution in [2.75, 3.05) is 11.4 Å². The molecule has 0 amide bonds. The molecule has 0 saturated carbocycles. The van der Waals surface area contributed by atoms with Gasteiger partial charge < -0.3 is 4.90 Å².